The van der Waals surface area contributed by atoms with Crippen LogP contribution in [0.15, 0.2) is 55.1 Å². The van der Waals surface area contributed by atoms with E-state index in [2.05, 4.69) is 20.4 Å². The Bertz CT molecular complexity index is 782. The van der Waals surface area contributed by atoms with E-state index in [4.69, 9.17) is 9.78 Å². The minimum atomic E-state index is 0.447. The zero-order valence-corrected chi connectivity index (χ0v) is 12.7. The molecule has 0 bridgehead atoms. The van der Waals surface area contributed by atoms with Crippen molar-refractivity contribution in [3.63, 3.8) is 0 Å². The van der Waals surface area contributed by atoms with Crippen LogP contribution in [0.25, 0.3) is 0 Å². The van der Waals surface area contributed by atoms with Gasteiger partial charge in [-0.25, -0.2) is 0 Å². The van der Waals surface area contributed by atoms with Crippen molar-refractivity contribution < 1.29 is 9.78 Å². The lowest BCUT2D eigenvalue weighted by Crippen LogP contribution is -2.13. The number of aryl methyl sites for hydroxylation is 1. The second-order valence-electron chi connectivity index (χ2n) is 4.84. The molecule has 0 aliphatic rings. The molecule has 0 N–H and O–H groups in total. The molecule has 0 aliphatic carbocycles. The highest BCUT2D eigenvalue weighted by molar-refractivity contribution is 5.66. The zero-order chi connectivity index (χ0) is 16.1. The maximum absolute atomic E-state index is 5.43. The molecule has 3 rings (SSSR count). The van der Waals surface area contributed by atoms with Crippen molar-refractivity contribution in [2.45, 2.75) is 6.92 Å². The van der Waals surface area contributed by atoms with Crippen molar-refractivity contribution in [3.05, 3.63) is 60.7 Å². The monoisotopic (exact) mass is 309 g/mol. The second kappa shape index (κ2) is 6.69. The summed E-state index contributed by atoms with van der Waals surface area (Å²) >= 11 is 0. The summed E-state index contributed by atoms with van der Waals surface area (Å²) in [6.07, 6.45) is 6.20. The Morgan fingerprint density at radius 2 is 1.39 bits per heavy atom. The summed E-state index contributed by atoms with van der Waals surface area (Å²) < 4.78 is 0. The Morgan fingerprint density at radius 3 is 2.13 bits per heavy atom. The van der Waals surface area contributed by atoms with E-state index in [9.17, 15) is 0 Å². The predicted octanol–water partition coefficient (Wildman–Crippen LogP) is 2.72. The molecule has 0 saturated carbocycles. The van der Waals surface area contributed by atoms with Crippen LogP contribution in [-0.4, -0.2) is 27.4 Å². The molecule has 0 amide bonds. The number of anilines is 2. The first-order chi connectivity index (χ1) is 11.3. The molecule has 7 heteroatoms. The standard InChI is InChI=1S/C16H15N5O2/c1-12-8-17-19-10-15(12)22-23-16-11-20-18-9-14(16)21(2)13-6-4-3-5-7-13/h3-11H,1-2H3. The fourth-order valence-electron chi connectivity index (χ4n) is 1.96. The summed E-state index contributed by atoms with van der Waals surface area (Å²) in [6, 6.07) is 9.86. The van der Waals surface area contributed by atoms with Crippen LogP contribution in [0, 0.1) is 6.92 Å². The average Bonchev–Trinajstić information content (AvgIpc) is 2.61. The van der Waals surface area contributed by atoms with Crippen molar-refractivity contribution in [1.29, 1.82) is 0 Å². The van der Waals surface area contributed by atoms with Crippen molar-refractivity contribution in [3.8, 4) is 11.5 Å². The van der Waals surface area contributed by atoms with Crippen molar-refractivity contribution in [2.75, 3.05) is 11.9 Å². The predicted molar refractivity (Wildman–Crippen MR) is 84.6 cm³/mol. The molecule has 0 aliphatic heterocycles. The van der Waals surface area contributed by atoms with E-state index in [-0.39, 0.29) is 0 Å². The van der Waals surface area contributed by atoms with Crippen LogP contribution >= 0.6 is 0 Å². The Labute approximate surface area is 133 Å². The molecular weight excluding hydrogens is 294 g/mol. The molecule has 0 radical (unpaired) electrons. The van der Waals surface area contributed by atoms with Gasteiger partial charge in [0.25, 0.3) is 0 Å². The summed E-state index contributed by atoms with van der Waals surface area (Å²) in [7, 11) is 1.92. The molecule has 0 saturated heterocycles. The first kappa shape index (κ1) is 14.7. The number of rotatable bonds is 5. The minimum absolute atomic E-state index is 0.447. The van der Waals surface area contributed by atoms with Crippen molar-refractivity contribution >= 4 is 11.4 Å². The SMILES string of the molecule is Cc1cnncc1OOc1cnncc1N(C)c1ccccc1. The highest BCUT2D eigenvalue weighted by Crippen LogP contribution is 2.31. The van der Waals surface area contributed by atoms with Gasteiger partial charge in [-0.1, -0.05) is 18.2 Å². The van der Waals surface area contributed by atoms with E-state index in [0.717, 1.165) is 16.9 Å². The summed E-state index contributed by atoms with van der Waals surface area (Å²) in [5.41, 5.74) is 2.54. The quantitative estimate of drug-likeness (QED) is 0.530. The number of para-hydroxylation sites is 1. The van der Waals surface area contributed by atoms with E-state index >= 15 is 0 Å². The van der Waals surface area contributed by atoms with Gasteiger partial charge < -0.3 is 4.90 Å². The summed E-state index contributed by atoms with van der Waals surface area (Å²) in [4.78, 5) is 12.7. The van der Waals surface area contributed by atoms with E-state index in [1.165, 1.54) is 12.4 Å². The van der Waals surface area contributed by atoms with E-state index in [0.29, 0.717) is 11.5 Å². The van der Waals surface area contributed by atoms with Gasteiger partial charge in [-0.05, 0) is 19.1 Å². The lowest BCUT2D eigenvalue weighted by Gasteiger charge is -2.20. The number of aromatic nitrogens is 4. The molecule has 3 aromatic rings. The molecular formula is C16H15N5O2. The zero-order valence-electron chi connectivity index (χ0n) is 12.7. The highest BCUT2D eigenvalue weighted by atomic mass is 17.2. The van der Waals surface area contributed by atoms with Crippen LogP contribution in [0.5, 0.6) is 11.5 Å². The van der Waals surface area contributed by atoms with Gasteiger partial charge in [0, 0.05) is 18.3 Å². The topological polar surface area (TPSA) is 73.3 Å². The summed E-state index contributed by atoms with van der Waals surface area (Å²) in [5, 5.41) is 15.3. The van der Waals surface area contributed by atoms with Crippen molar-refractivity contribution in [1.82, 2.24) is 20.4 Å². The highest BCUT2D eigenvalue weighted by Gasteiger charge is 2.13. The van der Waals surface area contributed by atoms with E-state index in [1.807, 2.05) is 49.2 Å². The van der Waals surface area contributed by atoms with Gasteiger partial charge in [0.1, 0.15) is 5.69 Å². The van der Waals surface area contributed by atoms with Gasteiger partial charge in [0.15, 0.2) is 0 Å². The van der Waals surface area contributed by atoms with Crippen molar-refractivity contribution in [2.24, 2.45) is 0 Å². The van der Waals surface area contributed by atoms with Crippen LogP contribution in [0.4, 0.5) is 11.4 Å². The number of hydrogen-bond donors (Lipinski definition) is 0. The van der Waals surface area contributed by atoms with E-state index in [1.54, 1.807) is 12.4 Å². The number of hydrogen-bond acceptors (Lipinski definition) is 7. The molecule has 116 valence electrons. The molecule has 0 fully saturated rings. The lowest BCUT2D eigenvalue weighted by molar-refractivity contribution is -0.101. The van der Waals surface area contributed by atoms with Crippen LogP contribution in [0.3, 0.4) is 0 Å². The molecule has 2 heterocycles. The fraction of sp³-hybridized carbons (Fsp3) is 0.125. The smallest absolute Gasteiger partial charge is 0.223 e. The second-order valence-corrected chi connectivity index (χ2v) is 4.84. The third kappa shape index (κ3) is 3.34. The third-order valence-electron chi connectivity index (χ3n) is 3.28. The average molecular weight is 309 g/mol. The molecule has 2 aromatic heterocycles. The summed E-state index contributed by atoms with van der Waals surface area (Å²) in [6.45, 7) is 1.86. The van der Waals surface area contributed by atoms with Gasteiger partial charge in [-0.15, -0.1) is 0 Å². The largest absolute Gasteiger partial charge is 0.340 e. The Morgan fingerprint density at radius 1 is 0.783 bits per heavy atom. The Balaban J connectivity index is 1.82. The maximum Gasteiger partial charge on any atom is 0.223 e. The van der Waals surface area contributed by atoms with Gasteiger partial charge in [0.05, 0.1) is 24.8 Å². The molecule has 0 unspecified atom stereocenters. The molecule has 23 heavy (non-hydrogen) atoms. The van der Waals surface area contributed by atoms with Crippen LogP contribution in [-0.2, 0) is 0 Å². The minimum Gasteiger partial charge on any atom is -0.340 e. The Hall–Kier alpha value is -3.22. The third-order valence-corrected chi connectivity index (χ3v) is 3.28. The molecule has 7 nitrogen and oxygen atoms in total. The van der Waals surface area contributed by atoms with Gasteiger partial charge in [-0.2, -0.15) is 20.4 Å². The van der Waals surface area contributed by atoms with E-state index < -0.39 is 0 Å². The first-order valence-corrected chi connectivity index (χ1v) is 6.97. The molecule has 1 aromatic carbocycles. The fourth-order valence-corrected chi connectivity index (χ4v) is 1.96. The maximum atomic E-state index is 5.43. The van der Waals surface area contributed by atoms with Crippen LogP contribution < -0.4 is 14.7 Å². The number of nitrogens with zero attached hydrogens (tertiary/aromatic N) is 5. The van der Waals surface area contributed by atoms with Gasteiger partial charge in [0.2, 0.25) is 11.5 Å². The first-order valence-electron chi connectivity index (χ1n) is 6.97. The van der Waals surface area contributed by atoms with Crippen LogP contribution in [0.1, 0.15) is 5.56 Å². The molecule has 0 atom stereocenters. The van der Waals surface area contributed by atoms with Crippen LogP contribution in [0.2, 0.25) is 0 Å². The Kier molecular flexibility index (Phi) is 4.28. The normalized spacial score (nSPS) is 10.2. The lowest BCUT2D eigenvalue weighted by atomic mass is 10.3. The summed E-state index contributed by atoms with van der Waals surface area (Å²) in [5.74, 6) is 0.938. The molecule has 0 spiro atoms. The number of benzene rings is 1. The van der Waals surface area contributed by atoms with Gasteiger partial charge in [-0.3, -0.25) is 9.78 Å². The van der Waals surface area contributed by atoms with Gasteiger partial charge >= 0.3 is 0 Å².